The van der Waals surface area contributed by atoms with Crippen LogP contribution < -0.4 is 10.2 Å². The third kappa shape index (κ3) is 4.48. The number of nitrogens with one attached hydrogen (secondary N) is 1. The van der Waals surface area contributed by atoms with E-state index in [4.69, 9.17) is 0 Å². The fourth-order valence-electron chi connectivity index (χ4n) is 5.53. The second kappa shape index (κ2) is 10.0. The zero-order chi connectivity index (χ0) is 23.5. The average Bonchev–Trinajstić information content (AvgIpc) is 3.33. The number of aromatic nitrogens is 3. The third-order valence-corrected chi connectivity index (χ3v) is 7.61. The number of amides is 1. The van der Waals surface area contributed by atoms with Gasteiger partial charge in [-0.15, -0.1) is 0 Å². The Labute approximate surface area is 202 Å². The molecule has 1 unspecified atom stereocenters. The Morgan fingerprint density at radius 3 is 2.50 bits per heavy atom. The minimum absolute atomic E-state index is 0.0599. The summed E-state index contributed by atoms with van der Waals surface area (Å²) in [6, 6.07) is 10.7. The van der Waals surface area contributed by atoms with E-state index < -0.39 is 0 Å². The summed E-state index contributed by atoms with van der Waals surface area (Å²) in [5.41, 5.74) is 3.62. The van der Waals surface area contributed by atoms with Gasteiger partial charge in [-0.1, -0.05) is 37.5 Å². The zero-order valence-corrected chi connectivity index (χ0v) is 20.4. The van der Waals surface area contributed by atoms with Gasteiger partial charge in [0.25, 0.3) is 5.91 Å². The molecule has 3 aromatic rings. The fraction of sp³-hybridized carbons (Fsp3) is 0.519. The van der Waals surface area contributed by atoms with Gasteiger partial charge in [0.05, 0.1) is 22.8 Å². The predicted octanol–water partition coefficient (Wildman–Crippen LogP) is 4.79. The molecular formula is C27H36N6O. The van der Waals surface area contributed by atoms with Crippen molar-refractivity contribution in [2.75, 3.05) is 36.4 Å². The van der Waals surface area contributed by atoms with Crippen LogP contribution in [-0.2, 0) is 6.54 Å². The van der Waals surface area contributed by atoms with Crippen molar-refractivity contribution in [2.24, 2.45) is 5.92 Å². The number of para-hydroxylation sites is 1. The van der Waals surface area contributed by atoms with Gasteiger partial charge in [0.15, 0.2) is 5.65 Å². The summed E-state index contributed by atoms with van der Waals surface area (Å²) in [6.45, 7) is 8.16. The van der Waals surface area contributed by atoms with Crippen molar-refractivity contribution in [1.29, 1.82) is 0 Å². The first kappa shape index (κ1) is 22.7. The van der Waals surface area contributed by atoms with Crippen LogP contribution in [0.25, 0.3) is 11.0 Å². The molecule has 0 bridgehead atoms. The molecule has 34 heavy (non-hydrogen) atoms. The number of piperazine rings is 1. The lowest BCUT2D eigenvalue weighted by Gasteiger charge is -2.36. The van der Waals surface area contributed by atoms with Crippen molar-refractivity contribution >= 4 is 28.3 Å². The van der Waals surface area contributed by atoms with Crippen molar-refractivity contribution in [3.63, 3.8) is 0 Å². The van der Waals surface area contributed by atoms with E-state index in [1.807, 2.05) is 21.8 Å². The van der Waals surface area contributed by atoms with Crippen LogP contribution in [-0.4, -0.2) is 57.8 Å². The SMILES string of the molecule is CCn1ncc2c(NC(C)C3CCCCC3)c(C(=O)N3CCN(c4ccccc4)CC3)cnc21. The molecule has 1 amide bonds. The summed E-state index contributed by atoms with van der Waals surface area (Å²) in [5.74, 6) is 0.695. The van der Waals surface area contributed by atoms with Crippen LogP contribution in [0.15, 0.2) is 42.7 Å². The Balaban J connectivity index is 1.39. The van der Waals surface area contributed by atoms with E-state index >= 15 is 0 Å². The summed E-state index contributed by atoms with van der Waals surface area (Å²) in [7, 11) is 0. The quantitative estimate of drug-likeness (QED) is 0.573. The third-order valence-electron chi connectivity index (χ3n) is 7.61. The number of benzene rings is 1. The number of aryl methyl sites for hydroxylation is 1. The molecule has 1 saturated carbocycles. The number of nitrogens with zero attached hydrogens (tertiary/aromatic N) is 5. The molecule has 180 valence electrons. The summed E-state index contributed by atoms with van der Waals surface area (Å²) in [5, 5.41) is 9.24. The molecule has 1 N–H and O–H groups in total. The maximum atomic E-state index is 13.7. The molecule has 5 rings (SSSR count). The first-order chi connectivity index (χ1) is 16.7. The van der Waals surface area contributed by atoms with E-state index in [0.29, 0.717) is 30.6 Å². The highest BCUT2D eigenvalue weighted by molar-refractivity contribution is 6.06. The number of anilines is 2. The minimum Gasteiger partial charge on any atom is -0.381 e. The largest absolute Gasteiger partial charge is 0.381 e. The summed E-state index contributed by atoms with van der Waals surface area (Å²) < 4.78 is 1.90. The predicted molar refractivity (Wildman–Crippen MR) is 137 cm³/mol. The van der Waals surface area contributed by atoms with Gasteiger partial charge in [-0.05, 0) is 44.7 Å². The molecule has 2 fully saturated rings. The van der Waals surface area contributed by atoms with Crippen LogP contribution in [0.5, 0.6) is 0 Å². The molecule has 7 heteroatoms. The van der Waals surface area contributed by atoms with Gasteiger partial charge >= 0.3 is 0 Å². The normalized spacial score (nSPS) is 18.3. The van der Waals surface area contributed by atoms with Gasteiger partial charge in [-0.3, -0.25) is 4.79 Å². The van der Waals surface area contributed by atoms with Gasteiger partial charge in [-0.2, -0.15) is 5.10 Å². The number of rotatable bonds is 6. The van der Waals surface area contributed by atoms with Crippen LogP contribution >= 0.6 is 0 Å². The molecule has 0 spiro atoms. The molecule has 1 atom stereocenters. The standard InChI is InChI=1S/C27H36N6O/c1-3-33-26-23(19-29-33)25(30-20(2)21-10-6-4-7-11-21)24(18-28-26)27(34)32-16-14-31(15-17-32)22-12-8-5-9-13-22/h5,8-9,12-13,18-21H,3-4,6-7,10-11,14-17H2,1-2H3,(H,28,30). The van der Waals surface area contributed by atoms with Crippen molar-refractivity contribution in [3.05, 3.63) is 48.3 Å². The van der Waals surface area contributed by atoms with E-state index in [2.05, 4.69) is 58.4 Å². The molecule has 1 saturated heterocycles. The molecule has 3 heterocycles. The van der Waals surface area contributed by atoms with Gasteiger partial charge < -0.3 is 15.1 Å². The van der Waals surface area contributed by atoms with Crippen LogP contribution in [0, 0.1) is 5.92 Å². The van der Waals surface area contributed by atoms with E-state index in [9.17, 15) is 4.79 Å². The van der Waals surface area contributed by atoms with E-state index in [1.165, 1.54) is 37.8 Å². The lowest BCUT2D eigenvalue weighted by atomic mass is 9.84. The van der Waals surface area contributed by atoms with Crippen molar-refractivity contribution in [3.8, 4) is 0 Å². The monoisotopic (exact) mass is 460 g/mol. The van der Waals surface area contributed by atoms with Crippen LogP contribution in [0.4, 0.5) is 11.4 Å². The second-order valence-corrected chi connectivity index (χ2v) is 9.69. The molecule has 0 radical (unpaired) electrons. The Hall–Kier alpha value is -3.09. The van der Waals surface area contributed by atoms with Crippen molar-refractivity contribution in [2.45, 2.75) is 58.5 Å². The lowest BCUT2D eigenvalue weighted by Crippen LogP contribution is -2.49. The number of hydrogen-bond donors (Lipinski definition) is 1. The minimum atomic E-state index is 0.0599. The summed E-state index contributed by atoms with van der Waals surface area (Å²) >= 11 is 0. The van der Waals surface area contributed by atoms with Crippen LogP contribution in [0.1, 0.15) is 56.3 Å². The van der Waals surface area contributed by atoms with Crippen LogP contribution in [0.3, 0.4) is 0 Å². The van der Waals surface area contributed by atoms with Gasteiger partial charge in [-0.25, -0.2) is 9.67 Å². The average molecular weight is 461 g/mol. The van der Waals surface area contributed by atoms with E-state index in [-0.39, 0.29) is 5.91 Å². The topological polar surface area (TPSA) is 66.3 Å². The molecule has 2 aromatic heterocycles. The maximum absolute atomic E-state index is 13.7. The Morgan fingerprint density at radius 2 is 1.79 bits per heavy atom. The van der Waals surface area contributed by atoms with Crippen LogP contribution in [0.2, 0.25) is 0 Å². The number of carbonyl (C=O) groups excluding carboxylic acids is 1. The van der Waals surface area contributed by atoms with Gasteiger partial charge in [0, 0.05) is 50.6 Å². The molecule has 1 aromatic carbocycles. The van der Waals surface area contributed by atoms with E-state index in [1.54, 1.807) is 6.20 Å². The number of hydrogen-bond acceptors (Lipinski definition) is 5. The van der Waals surface area contributed by atoms with Crippen molar-refractivity contribution < 1.29 is 4.79 Å². The highest BCUT2D eigenvalue weighted by Gasteiger charge is 2.28. The summed E-state index contributed by atoms with van der Waals surface area (Å²) in [6.07, 6.45) is 10.1. The Bertz CT molecular complexity index is 1110. The number of fused-ring (bicyclic) bond motifs is 1. The molecule has 1 aliphatic heterocycles. The number of carbonyl (C=O) groups is 1. The van der Waals surface area contributed by atoms with Gasteiger partial charge in [0.2, 0.25) is 0 Å². The molecule has 1 aliphatic carbocycles. The smallest absolute Gasteiger partial charge is 0.257 e. The molecule has 2 aliphatic rings. The number of pyridine rings is 1. The molecular weight excluding hydrogens is 424 g/mol. The fourth-order valence-corrected chi connectivity index (χ4v) is 5.53. The molecule has 7 nitrogen and oxygen atoms in total. The zero-order valence-electron chi connectivity index (χ0n) is 20.4. The Kier molecular flexibility index (Phi) is 6.70. The lowest BCUT2D eigenvalue weighted by molar-refractivity contribution is 0.0747. The van der Waals surface area contributed by atoms with Gasteiger partial charge in [0.1, 0.15) is 0 Å². The summed E-state index contributed by atoms with van der Waals surface area (Å²) in [4.78, 5) is 22.7. The first-order valence-electron chi connectivity index (χ1n) is 12.9. The highest BCUT2D eigenvalue weighted by Crippen LogP contribution is 2.32. The first-order valence-corrected chi connectivity index (χ1v) is 12.9. The second-order valence-electron chi connectivity index (χ2n) is 9.69. The van der Waals surface area contributed by atoms with Crippen molar-refractivity contribution in [1.82, 2.24) is 19.7 Å². The Morgan fingerprint density at radius 1 is 1.06 bits per heavy atom. The van der Waals surface area contributed by atoms with E-state index in [0.717, 1.165) is 36.4 Å². The highest BCUT2D eigenvalue weighted by atomic mass is 16.2. The maximum Gasteiger partial charge on any atom is 0.257 e.